The van der Waals surface area contributed by atoms with E-state index in [9.17, 15) is 43.8 Å². The first-order chi connectivity index (χ1) is 29.8. The van der Waals surface area contributed by atoms with E-state index in [1.165, 1.54) is 96.3 Å². The molecule has 0 aliphatic rings. The highest BCUT2D eigenvalue weighted by atomic mass is 31.2. The van der Waals surface area contributed by atoms with Gasteiger partial charge >= 0.3 is 27.6 Å². The van der Waals surface area contributed by atoms with Gasteiger partial charge in [-0.05, 0) is 57.8 Å². The minimum absolute atomic E-state index is 0.0908. The van der Waals surface area contributed by atoms with E-state index in [1.54, 1.807) is 0 Å². The Labute approximate surface area is 373 Å². The van der Waals surface area contributed by atoms with Crippen LogP contribution in [0.15, 0.2) is 36.5 Å². The lowest BCUT2D eigenvalue weighted by atomic mass is 10.1. The molecule has 0 radical (unpaired) electrons. The lowest BCUT2D eigenvalue weighted by Crippen LogP contribution is -2.25. The number of unbranched alkanes of at least 4 members (excludes halogenated alkanes) is 19. The van der Waals surface area contributed by atoms with Gasteiger partial charge in [0.05, 0.1) is 26.4 Å². The zero-order valence-electron chi connectivity index (χ0n) is 38.0. The Morgan fingerprint density at radius 2 is 0.726 bits per heavy atom. The van der Waals surface area contributed by atoms with Gasteiger partial charge in [-0.2, -0.15) is 0 Å². The van der Waals surface area contributed by atoms with Crippen LogP contribution in [0.1, 0.15) is 181 Å². The van der Waals surface area contributed by atoms with Crippen molar-refractivity contribution in [3.8, 4) is 0 Å². The third-order valence-electron chi connectivity index (χ3n) is 9.58. The van der Waals surface area contributed by atoms with E-state index >= 15 is 0 Å². The van der Waals surface area contributed by atoms with E-state index in [-0.39, 0.29) is 12.8 Å². The van der Waals surface area contributed by atoms with Gasteiger partial charge in [0, 0.05) is 12.8 Å². The van der Waals surface area contributed by atoms with Crippen LogP contribution in [0.5, 0.6) is 0 Å². The molecule has 0 heterocycles. The van der Waals surface area contributed by atoms with Gasteiger partial charge in [-0.25, -0.2) is 9.13 Å². The number of phosphoric ester groups is 2. The Kier molecular flexibility index (Phi) is 40.8. The first-order valence-corrected chi connectivity index (χ1v) is 26.3. The van der Waals surface area contributed by atoms with Crippen molar-refractivity contribution in [1.82, 2.24) is 0 Å². The number of phosphoric acid groups is 2. The SMILES string of the molecule is CCCCCCCC/C=C\C/C=C/CCC(=O)OCC(O)COP(=O)(O)OCC(O)COP(=O)(O)OCC(O)COC(=O)CCCCCCCCC/C=C/CCCCCCCC. The number of allylic oxidation sites excluding steroid dienone is 6. The van der Waals surface area contributed by atoms with E-state index in [1.807, 2.05) is 12.2 Å². The van der Waals surface area contributed by atoms with Gasteiger partial charge in [-0.15, -0.1) is 0 Å². The average molecular weight is 927 g/mol. The van der Waals surface area contributed by atoms with Crippen molar-refractivity contribution in [3.63, 3.8) is 0 Å². The Hall–Kier alpha value is -1.74. The van der Waals surface area contributed by atoms with Gasteiger partial charge in [-0.3, -0.25) is 27.7 Å². The quantitative estimate of drug-likeness (QED) is 0.0166. The fourth-order valence-corrected chi connectivity index (χ4v) is 7.50. The topological polar surface area (TPSA) is 225 Å². The number of hydrogen-bond donors (Lipinski definition) is 5. The maximum atomic E-state index is 12.1. The molecule has 5 unspecified atom stereocenters. The summed E-state index contributed by atoms with van der Waals surface area (Å²) < 4.78 is 52.8. The highest BCUT2D eigenvalue weighted by molar-refractivity contribution is 7.47. The van der Waals surface area contributed by atoms with Gasteiger partial charge in [0.25, 0.3) is 0 Å². The highest BCUT2D eigenvalue weighted by Crippen LogP contribution is 2.45. The van der Waals surface area contributed by atoms with Crippen molar-refractivity contribution in [1.29, 1.82) is 0 Å². The van der Waals surface area contributed by atoms with Crippen LogP contribution in [0, 0.1) is 0 Å². The molecule has 0 aromatic heterocycles. The summed E-state index contributed by atoms with van der Waals surface area (Å²) in [5.74, 6) is -1.06. The van der Waals surface area contributed by atoms with Crippen molar-refractivity contribution >= 4 is 27.6 Å². The van der Waals surface area contributed by atoms with Crippen molar-refractivity contribution in [3.05, 3.63) is 36.5 Å². The molecule has 5 atom stereocenters. The molecule has 0 aromatic carbocycles. The first kappa shape index (κ1) is 60.3. The fraction of sp³-hybridized carbons (Fsp3) is 0.822. The number of hydrogen-bond acceptors (Lipinski definition) is 13. The lowest BCUT2D eigenvalue weighted by molar-refractivity contribution is -0.148. The molecule has 0 saturated heterocycles. The van der Waals surface area contributed by atoms with Crippen LogP contribution in [0.3, 0.4) is 0 Å². The zero-order valence-corrected chi connectivity index (χ0v) is 39.8. The van der Waals surface area contributed by atoms with Crippen molar-refractivity contribution < 1.29 is 71.4 Å². The third kappa shape index (κ3) is 43.5. The second-order valence-corrected chi connectivity index (χ2v) is 18.7. The number of aliphatic hydroxyl groups excluding tert-OH is 3. The van der Waals surface area contributed by atoms with E-state index in [0.29, 0.717) is 12.8 Å². The molecule has 364 valence electrons. The van der Waals surface area contributed by atoms with Crippen molar-refractivity contribution in [2.45, 2.75) is 199 Å². The van der Waals surface area contributed by atoms with E-state index in [4.69, 9.17) is 9.47 Å². The van der Waals surface area contributed by atoms with Crippen LogP contribution < -0.4 is 0 Å². The number of aliphatic hydroxyl groups is 3. The smallest absolute Gasteiger partial charge is 0.463 e. The molecule has 0 bridgehead atoms. The van der Waals surface area contributed by atoms with Crippen LogP contribution >= 0.6 is 15.6 Å². The van der Waals surface area contributed by atoms with Gasteiger partial charge in [0.1, 0.15) is 31.5 Å². The Morgan fingerprint density at radius 1 is 0.419 bits per heavy atom. The van der Waals surface area contributed by atoms with E-state index in [0.717, 1.165) is 44.9 Å². The minimum atomic E-state index is -4.79. The largest absolute Gasteiger partial charge is 0.472 e. The summed E-state index contributed by atoms with van der Waals surface area (Å²) in [6.07, 6.45) is 35.8. The van der Waals surface area contributed by atoms with Gasteiger partial charge in [-0.1, -0.05) is 147 Å². The standard InChI is InChI=1S/C45H84O15P2/c1-3-5-7-9-11-13-15-17-18-19-20-22-24-26-28-30-32-34-45(50)56-36-42(47)38-58-62(53,54)60-40-43(48)39-59-61(51,52)57-37-41(46)35-55-44(49)33-31-29-27-25-23-21-16-14-12-10-8-6-4-2/h17-18,21,23,27,29,41-43,46-48H,3-16,19-20,22,24-26,28,30-40H2,1-2H3,(H,51,52)(H,53,54)/b18-17+,23-21-,29-27+. The molecule has 0 saturated carbocycles. The van der Waals surface area contributed by atoms with Crippen LogP contribution in [-0.4, -0.2) is 95.0 Å². The Balaban J connectivity index is 3.93. The van der Waals surface area contributed by atoms with E-state index in [2.05, 4.69) is 56.2 Å². The maximum absolute atomic E-state index is 12.1. The molecular weight excluding hydrogens is 842 g/mol. The second kappa shape index (κ2) is 41.9. The third-order valence-corrected chi connectivity index (χ3v) is 11.5. The summed E-state index contributed by atoms with van der Waals surface area (Å²) >= 11 is 0. The lowest BCUT2D eigenvalue weighted by Gasteiger charge is -2.19. The maximum Gasteiger partial charge on any atom is 0.472 e. The summed E-state index contributed by atoms with van der Waals surface area (Å²) in [7, 11) is -9.58. The molecule has 15 nitrogen and oxygen atoms in total. The molecule has 17 heteroatoms. The number of carbonyl (C=O) groups is 2. The molecule has 62 heavy (non-hydrogen) atoms. The Bertz CT molecular complexity index is 1260. The van der Waals surface area contributed by atoms with Crippen LogP contribution in [0.4, 0.5) is 0 Å². The fourth-order valence-electron chi connectivity index (χ4n) is 5.91. The molecule has 0 aromatic rings. The summed E-state index contributed by atoms with van der Waals surface area (Å²) in [5.41, 5.74) is 0. The van der Waals surface area contributed by atoms with Gasteiger partial charge < -0.3 is 34.6 Å². The molecule has 0 amide bonds. The molecular formula is C45H84O15P2. The molecule has 0 aliphatic carbocycles. The summed E-state index contributed by atoms with van der Waals surface area (Å²) in [6.45, 7) is 0.333. The average Bonchev–Trinajstić information content (AvgIpc) is 3.24. The molecule has 0 rings (SSSR count). The number of rotatable bonds is 45. The highest BCUT2D eigenvalue weighted by Gasteiger charge is 2.28. The zero-order chi connectivity index (χ0) is 46.0. The van der Waals surface area contributed by atoms with Gasteiger partial charge in [0.15, 0.2) is 0 Å². The predicted molar refractivity (Wildman–Crippen MR) is 242 cm³/mol. The molecule has 0 fully saturated rings. The monoisotopic (exact) mass is 927 g/mol. The number of ether oxygens (including phenoxy) is 2. The van der Waals surface area contributed by atoms with Crippen LogP contribution in [-0.2, 0) is 46.3 Å². The van der Waals surface area contributed by atoms with Crippen molar-refractivity contribution in [2.75, 3.05) is 39.6 Å². The summed E-state index contributed by atoms with van der Waals surface area (Å²) in [5, 5.41) is 30.0. The second-order valence-electron chi connectivity index (χ2n) is 15.8. The van der Waals surface area contributed by atoms with E-state index < -0.39 is 85.5 Å². The predicted octanol–water partition coefficient (Wildman–Crippen LogP) is 10.3. The van der Waals surface area contributed by atoms with Crippen LogP contribution in [0.2, 0.25) is 0 Å². The van der Waals surface area contributed by atoms with Crippen molar-refractivity contribution in [2.24, 2.45) is 0 Å². The van der Waals surface area contributed by atoms with Gasteiger partial charge in [0.2, 0.25) is 0 Å². The number of carbonyl (C=O) groups excluding carboxylic acids is 2. The summed E-state index contributed by atoms with van der Waals surface area (Å²) in [4.78, 5) is 43.6. The molecule has 0 aliphatic heterocycles. The normalized spacial score (nSPS) is 15.5. The number of esters is 2. The summed E-state index contributed by atoms with van der Waals surface area (Å²) in [6, 6.07) is 0. The van der Waals surface area contributed by atoms with Crippen LogP contribution in [0.25, 0.3) is 0 Å². The first-order valence-electron chi connectivity index (χ1n) is 23.3. The minimum Gasteiger partial charge on any atom is -0.463 e. The molecule has 0 spiro atoms. The molecule has 5 N–H and O–H groups in total. The Morgan fingerprint density at radius 3 is 1.13 bits per heavy atom.